The molecule has 1 aromatic heterocycles. The number of ether oxygens (including phenoxy) is 6. The van der Waals surface area contributed by atoms with Crippen LogP contribution in [0.3, 0.4) is 0 Å². The van der Waals surface area contributed by atoms with Crippen molar-refractivity contribution < 1.29 is 70.5 Å². The maximum Gasteiger partial charge on any atom is 0.474 e. The molecule has 1 heterocycles. The fraction of sp³-hybridized carbons (Fsp3) is 0.780. The van der Waals surface area contributed by atoms with E-state index in [1.165, 1.54) is 31.6 Å². The van der Waals surface area contributed by atoms with Crippen LogP contribution in [0.15, 0.2) is 30.0 Å². The second-order valence-electron chi connectivity index (χ2n) is 17.5. The van der Waals surface area contributed by atoms with Gasteiger partial charge in [-0.15, -0.1) is 5.10 Å². The Balaban J connectivity index is 0. The molecule has 81 heavy (non-hydrogen) atoms. The first kappa shape index (κ1) is 78.0. The maximum atomic E-state index is 13.8. The van der Waals surface area contributed by atoms with Gasteiger partial charge in [0.05, 0.1) is 110 Å². The predicted molar refractivity (Wildman–Crippen MR) is 305 cm³/mol. The average Bonchev–Trinajstić information content (AvgIpc) is 3.86. The summed E-state index contributed by atoms with van der Waals surface area (Å²) < 4.78 is 61.4. The number of nitrogens with zero attached hydrogens (tertiary/aromatic N) is 5. The number of unbranched alkanes of at least 4 members (excludes halogenated alkanes) is 3. The molecule has 0 saturated heterocycles. The number of phosphoric ester groups is 1. The third kappa shape index (κ3) is 47.1. The van der Waals surface area contributed by atoms with Crippen LogP contribution in [0.25, 0.3) is 0 Å². The van der Waals surface area contributed by atoms with Crippen molar-refractivity contribution in [2.75, 3.05) is 127 Å². The van der Waals surface area contributed by atoms with Crippen molar-refractivity contribution in [2.24, 2.45) is 36.0 Å². The lowest BCUT2D eigenvalue weighted by molar-refractivity contribution is -0.128. The zero-order chi connectivity index (χ0) is 61.0. The summed E-state index contributed by atoms with van der Waals surface area (Å²) in [6.07, 6.45) is 7.76. The van der Waals surface area contributed by atoms with Crippen LogP contribution in [0.5, 0.6) is 0 Å². The molecule has 0 bridgehead atoms. The number of amides is 5. The summed E-state index contributed by atoms with van der Waals surface area (Å²) in [5.74, 6) is 14.5. The number of hydrazine groups is 3. The van der Waals surface area contributed by atoms with Crippen molar-refractivity contribution in [1.29, 1.82) is 0 Å². The van der Waals surface area contributed by atoms with Gasteiger partial charge in [-0.2, -0.15) is 0 Å². The van der Waals surface area contributed by atoms with Gasteiger partial charge in [-0.05, 0) is 38.5 Å². The summed E-state index contributed by atoms with van der Waals surface area (Å²) in [6.45, 7) is 11.8. The molecule has 0 aliphatic rings. The lowest BCUT2D eigenvalue weighted by atomic mass is 9.82. The van der Waals surface area contributed by atoms with Gasteiger partial charge in [0.15, 0.2) is 0 Å². The summed E-state index contributed by atoms with van der Waals surface area (Å²) in [7, 11) is 2.36. The molecule has 31 heteroatoms. The fourth-order valence-electron chi connectivity index (χ4n) is 6.90. The Labute approximate surface area is 480 Å². The van der Waals surface area contributed by atoms with Gasteiger partial charge in [0, 0.05) is 98.3 Å². The van der Waals surface area contributed by atoms with Crippen LogP contribution < -0.4 is 55.6 Å². The van der Waals surface area contributed by atoms with Crippen LogP contribution in [-0.4, -0.2) is 187 Å². The minimum absolute atomic E-state index is 0.0389. The number of hydrogen-bond acceptors (Lipinski definition) is 24. The summed E-state index contributed by atoms with van der Waals surface area (Å²) in [5.41, 5.74) is 11.8. The fourth-order valence-corrected chi connectivity index (χ4v) is 7.61. The highest BCUT2D eigenvalue weighted by atomic mass is 31.2. The monoisotopic (exact) mass is 1180 g/mol. The number of nitrogens with two attached hydrogens (primary N) is 5. The molecule has 0 aliphatic carbocycles. The maximum absolute atomic E-state index is 13.8. The minimum atomic E-state index is -3.52. The Morgan fingerprint density at radius 1 is 0.580 bits per heavy atom. The van der Waals surface area contributed by atoms with Crippen molar-refractivity contribution in [3.05, 3.63) is 35.7 Å². The first-order valence-electron chi connectivity index (χ1n) is 27.6. The van der Waals surface area contributed by atoms with E-state index in [2.05, 4.69) is 36.9 Å². The molecule has 0 aliphatic heterocycles. The zero-order valence-electron chi connectivity index (χ0n) is 49.6. The van der Waals surface area contributed by atoms with Gasteiger partial charge in [-0.1, -0.05) is 45.7 Å². The summed E-state index contributed by atoms with van der Waals surface area (Å²) >= 11 is 0. The van der Waals surface area contributed by atoms with E-state index in [0.29, 0.717) is 43.1 Å². The summed E-state index contributed by atoms with van der Waals surface area (Å²) in [5, 5.41) is 24.4. The number of carbonyl (C=O) groups is 5. The van der Waals surface area contributed by atoms with E-state index in [-0.39, 0.29) is 180 Å². The molecule has 1 aromatic rings. The molecule has 0 fully saturated rings. The minimum Gasteiger partial charge on any atom is -0.399 e. The highest BCUT2D eigenvalue weighted by Gasteiger charge is 2.34. The Hall–Kier alpha value is -5.08. The lowest BCUT2D eigenvalue weighted by Gasteiger charge is -2.35. The predicted octanol–water partition coefficient (Wildman–Crippen LogP) is 0.731. The number of aromatic nitrogens is 3. The molecule has 0 radical (unpaired) electrons. The first-order chi connectivity index (χ1) is 38.9. The van der Waals surface area contributed by atoms with Gasteiger partial charge < -0.3 is 71.5 Å². The van der Waals surface area contributed by atoms with Gasteiger partial charge in [0.25, 0.3) is 0 Å². The van der Waals surface area contributed by atoms with E-state index in [9.17, 15) is 28.5 Å². The third-order valence-electron chi connectivity index (χ3n) is 10.7. The van der Waals surface area contributed by atoms with E-state index in [1.807, 2.05) is 27.7 Å². The zero-order valence-corrected chi connectivity index (χ0v) is 50.5. The van der Waals surface area contributed by atoms with Gasteiger partial charge >= 0.3 is 7.82 Å². The van der Waals surface area contributed by atoms with E-state index in [0.717, 1.165) is 18.0 Å². The van der Waals surface area contributed by atoms with Crippen molar-refractivity contribution in [3.63, 3.8) is 0 Å². The molecule has 1 rings (SSSR count). The Morgan fingerprint density at radius 2 is 1.01 bits per heavy atom. The molecule has 0 aromatic carbocycles. The molecule has 30 nitrogen and oxygen atoms in total. The number of carbonyl (C=O) groups excluding carboxylic acids is 5. The average molecular weight is 1180 g/mol. The highest BCUT2D eigenvalue weighted by Crippen LogP contribution is 2.47. The van der Waals surface area contributed by atoms with Gasteiger partial charge in [0.1, 0.15) is 5.69 Å². The van der Waals surface area contributed by atoms with Crippen LogP contribution in [-0.2, 0) is 84.2 Å². The van der Waals surface area contributed by atoms with Crippen LogP contribution >= 0.6 is 7.82 Å². The molecule has 1 unspecified atom stereocenters. The molecule has 1 atom stereocenters. The second kappa shape index (κ2) is 51.8. The van der Waals surface area contributed by atoms with Gasteiger partial charge in [-0.25, -0.2) is 22.1 Å². The number of phosphoric acid groups is 1. The molecule has 0 spiro atoms. The Bertz CT molecular complexity index is 1840. The second-order valence-corrected chi connectivity index (χ2v) is 19.4. The van der Waals surface area contributed by atoms with Crippen LogP contribution in [0, 0.1) is 0 Å². The topological polar surface area (TPSA) is 413 Å². The standard InChI is InChI=1S/C46H90N15O15P.2C2H6/c1-59(49)32-38(47)35-73-29-26-70-23-19-53-42(63)12-15-46(16-13-43(64)54-20-24-71-27-30-74-36-39(48)33-61(50)51,17-14-44(65)55-21-25-72-28-31-75-37-40-34-60(2)58-57-40)56-45(66)11-9-10-41(62)52-18-7-5-6-8-22-76-77(67,68-3)69-4;2*1-2/h32-34H,5-31,35-37,47-51H2,1-4H3,(H,52,62)(H,53,63)(H,54,64)(H,55,65)(H,56,66);2*1-2H3/b38-32-,39-33-;;. The van der Waals surface area contributed by atoms with Crippen molar-refractivity contribution in [2.45, 2.75) is 123 Å². The number of rotatable bonds is 50. The van der Waals surface area contributed by atoms with Crippen LogP contribution in [0.4, 0.5) is 0 Å². The number of nitrogens with one attached hydrogen (secondary N) is 5. The molecule has 15 N–H and O–H groups in total. The molecule has 5 amide bonds. The normalized spacial score (nSPS) is 12.2. The molecular formula is C50H102N15O15P. The lowest BCUT2D eigenvalue weighted by Crippen LogP contribution is -2.50. The van der Waals surface area contributed by atoms with Crippen LogP contribution in [0.1, 0.15) is 117 Å². The van der Waals surface area contributed by atoms with E-state index >= 15 is 0 Å². The largest absolute Gasteiger partial charge is 0.474 e. The smallest absolute Gasteiger partial charge is 0.399 e. The third-order valence-corrected chi connectivity index (χ3v) is 12.1. The molecular weight excluding hydrogens is 1080 g/mol. The highest BCUT2D eigenvalue weighted by molar-refractivity contribution is 7.48. The van der Waals surface area contributed by atoms with Crippen molar-refractivity contribution in [1.82, 2.24) is 51.7 Å². The van der Waals surface area contributed by atoms with Crippen molar-refractivity contribution >= 4 is 37.4 Å². The van der Waals surface area contributed by atoms with Crippen LogP contribution in [0.2, 0.25) is 0 Å². The van der Waals surface area contributed by atoms with Gasteiger partial charge in [0.2, 0.25) is 29.5 Å². The SMILES string of the molecule is CC.CC.COP(=O)(OC)OCCCCCCNC(=O)CCCC(=O)NC(CCC(=O)NCCOCCOC/C(N)=C/N(C)N)(CCC(=O)NCCOCCOC/C(N)=C/N(N)N)CCC(=O)NCCOCCOCc1cn(C)nn1. The van der Waals surface area contributed by atoms with E-state index in [1.54, 1.807) is 25.0 Å². The Kier molecular flexibility index (Phi) is 49.9. The van der Waals surface area contributed by atoms with E-state index < -0.39 is 19.3 Å². The van der Waals surface area contributed by atoms with Gasteiger partial charge in [-0.3, -0.25) is 47.3 Å². The molecule has 0 saturated carbocycles. The summed E-state index contributed by atoms with van der Waals surface area (Å²) in [4.78, 5) is 66.3. The first-order valence-corrected chi connectivity index (χ1v) is 29.1. The number of aryl methyl sites for hydroxylation is 1. The van der Waals surface area contributed by atoms with E-state index in [4.69, 9.17) is 71.0 Å². The quantitative estimate of drug-likeness (QED) is 0.0186. The summed E-state index contributed by atoms with van der Waals surface area (Å²) in [6, 6.07) is 0. The Morgan fingerprint density at radius 3 is 1.47 bits per heavy atom. The number of hydrogen-bond donors (Lipinski definition) is 10. The van der Waals surface area contributed by atoms with Crippen molar-refractivity contribution in [3.8, 4) is 0 Å². The molecule has 472 valence electrons.